The number of unbranched alkanes of at least 4 members (excludes halogenated alkanes) is 3. The quantitative estimate of drug-likeness (QED) is 0.292. The van der Waals surface area contributed by atoms with Crippen LogP contribution in [0.25, 0.3) is 0 Å². The predicted molar refractivity (Wildman–Crippen MR) is 107 cm³/mol. The molecule has 0 aromatic carbocycles. The van der Waals surface area contributed by atoms with Crippen molar-refractivity contribution in [3.8, 4) is 0 Å². The van der Waals surface area contributed by atoms with Crippen molar-refractivity contribution >= 4 is 11.9 Å². The largest absolute Gasteiger partial charge is 0.460 e. The Morgan fingerprint density at radius 3 is 2.38 bits per heavy atom. The molecular weight excluding hydrogens is 330 g/mol. The highest BCUT2D eigenvalue weighted by Crippen LogP contribution is 2.14. The Hall–Kier alpha value is -1.30. The van der Waals surface area contributed by atoms with Crippen LogP contribution in [0, 0.1) is 0 Å². The van der Waals surface area contributed by atoms with Gasteiger partial charge in [0.05, 0.1) is 6.10 Å². The van der Waals surface area contributed by atoms with Crippen LogP contribution < -0.4 is 5.32 Å². The molecule has 0 unspecified atom stereocenters. The third-order valence-corrected chi connectivity index (χ3v) is 4.37. The molecule has 1 fully saturated rings. The van der Waals surface area contributed by atoms with Gasteiger partial charge in [-0.25, -0.2) is 0 Å². The minimum Gasteiger partial charge on any atom is -0.460 e. The van der Waals surface area contributed by atoms with Gasteiger partial charge in [0.1, 0.15) is 5.60 Å². The van der Waals surface area contributed by atoms with Gasteiger partial charge in [-0.1, -0.05) is 12.8 Å². The average molecular weight is 370 g/mol. The number of piperidine rings is 1. The maximum Gasteiger partial charge on any atom is 0.306 e. The monoisotopic (exact) mass is 369 g/mol. The molecule has 0 spiro atoms. The van der Waals surface area contributed by atoms with Gasteiger partial charge in [-0.3, -0.25) is 9.79 Å². The van der Waals surface area contributed by atoms with E-state index >= 15 is 0 Å². The normalized spacial score (nSPS) is 16.7. The number of nitrogens with one attached hydrogen (secondary N) is 1. The topological polar surface area (TPSA) is 63.2 Å². The van der Waals surface area contributed by atoms with Gasteiger partial charge in [0, 0.05) is 39.7 Å². The van der Waals surface area contributed by atoms with Crippen molar-refractivity contribution in [3.05, 3.63) is 0 Å². The highest BCUT2D eigenvalue weighted by atomic mass is 16.6. The molecule has 1 heterocycles. The van der Waals surface area contributed by atoms with Crippen LogP contribution >= 0.6 is 0 Å². The summed E-state index contributed by atoms with van der Waals surface area (Å²) < 4.78 is 11.0. The lowest BCUT2D eigenvalue weighted by Crippen LogP contribution is -2.47. The summed E-state index contributed by atoms with van der Waals surface area (Å²) in [7, 11) is 1.85. The summed E-state index contributed by atoms with van der Waals surface area (Å²) in [6.45, 7) is 11.5. The molecule has 0 bridgehead atoms. The summed E-state index contributed by atoms with van der Waals surface area (Å²) >= 11 is 0. The molecule has 1 N–H and O–H groups in total. The Bertz CT molecular complexity index is 425. The van der Waals surface area contributed by atoms with Crippen LogP contribution in [0.2, 0.25) is 0 Å². The number of aliphatic imine (C=N–C) groups is 1. The Labute approximate surface area is 159 Å². The minimum atomic E-state index is -0.381. The molecule has 6 nitrogen and oxygen atoms in total. The van der Waals surface area contributed by atoms with E-state index in [0.717, 1.165) is 70.7 Å². The van der Waals surface area contributed by atoms with Crippen molar-refractivity contribution in [2.75, 3.05) is 33.3 Å². The SMILES string of the molecule is CCOC1CCN(C(=NC)NCCCCCCC(=O)OC(C)(C)C)CC1. The number of hydrogen-bond acceptors (Lipinski definition) is 4. The molecule has 1 aliphatic heterocycles. The van der Waals surface area contributed by atoms with E-state index in [0.29, 0.717) is 12.5 Å². The van der Waals surface area contributed by atoms with Crippen LogP contribution in [0.5, 0.6) is 0 Å². The lowest BCUT2D eigenvalue weighted by molar-refractivity contribution is -0.154. The fourth-order valence-corrected chi connectivity index (χ4v) is 3.14. The van der Waals surface area contributed by atoms with Crippen molar-refractivity contribution in [2.24, 2.45) is 4.99 Å². The lowest BCUT2D eigenvalue weighted by atomic mass is 10.1. The fourth-order valence-electron chi connectivity index (χ4n) is 3.14. The van der Waals surface area contributed by atoms with Crippen LogP contribution in [-0.4, -0.2) is 61.8 Å². The Balaban J connectivity index is 2.08. The number of hydrogen-bond donors (Lipinski definition) is 1. The summed E-state index contributed by atoms with van der Waals surface area (Å²) in [5.41, 5.74) is -0.381. The molecule has 1 rings (SSSR count). The van der Waals surface area contributed by atoms with E-state index in [1.165, 1.54) is 0 Å². The minimum absolute atomic E-state index is 0.0912. The van der Waals surface area contributed by atoms with Gasteiger partial charge in [-0.05, 0) is 53.4 Å². The summed E-state index contributed by atoms with van der Waals surface area (Å²) in [6, 6.07) is 0. The summed E-state index contributed by atoms with van der Waals surface area (Å²) in [4.78, 5) is 18.4. The van der Waals surface area contributed by atoms with Crippen molar-refractivity contribution in [1.82, 2.24) is 10.2 Å². The zero-order valence-corrected chi connectivity index (χ0v) is 17.5. The van der Waals surface area contributed by atoms with Crippen LogP contribution in [0.15, 0.2) is 4.99 Å². The number of ether oxygens (including phenoxy) is 2. The third-order valence-electron chi connectivity index (χ3n) is 4.37. The van der Waals surface area contributed by atoms with E-state index in [2.05, 4.69) is 22.1 Å². The highest BCUT2D eigenvalue weighted by molar-refractivity contribution is 5.79. The van der Waals surface area contributed by atoms with Gasteiger partial charge in [0.2, 0.25) is 0 Å². The Morgan fingerprint density at radius 2 is 1.81 bits per heavy atom. The average Bonchev–Trinajstić information content (AvgIpc) is 2.57. The number of carbonyl (C=O) groups is 1. The molecule has 1 saturated heterocycles. The van der Waals surface area contributed by atoms with Crippen molar-refractivity contribution < 1.29 is 14.3 Å². The van der Waals surface area contributed by atoms with E-state index < -0.39 is 0 Å². The number of guanidine groups is 1. The molecule has 0 saturated carbocycles. The van der Waals surface area contributed by atoms with Gasteiger partial charge >= 0.3 is 5.97 Å². The smallest absolute Gasteiger partial charge is 0.306 e. The van der Waals surface area contributed by atoms with Crippen molar-refractivity contribution in [1.29, 1.82) is 0 Å². The molecule has 0 amide bonds. The molecule has 26 heavy (non-hydrogen) atoms. The van der Waals surface area contributed by atoms with E-state index in [4.69, 9.17) is 9.47 Å². The second kappa shape index (κ2) is 12.2. The third kappa shape index (κ3) is 10.00. The van der Waals surface area contributed by atoms with E-state index in [1.807, 2.05) is 27.8 Å². The Kier molecular flexibility index (Phi) is 10.6. The molecule has 0 aliphatic carbocycles. The maximum absolute atomic E-state index is 11.7. The predicted octanol–water partition coefficient (Wildman–Crippen LogP) is 3.35. The Morgan fingerprint density at radius 1 is 1.15 bits per heavy atom. The summed E-state index contributed by atoms with van der Waals surface area (Å²) in [5, 5.41) is 3.46. The first-order chi connectivity index (χ1) is 12.4. The van der Waals surface area contributed by atoms with Crippen LogP contribution in [-0.2, 0) is 14.3 Å². The summed E-state index contributed by atoms with van der Waals surface area (Å²) in [5.74, 6) is 0.903. The standard InChI is InChI=1S/C20H39N3O3/c1-6-25-17-12-15-23(16-13-17)19(21-5)22-14-10-8-7-9-11-18(24)26-20(2,3)4/h17H,6-16H2,1-5H3,(H,21,22). The fraction of sp³-hybridized carbons (Fsp3) is 0.900. The van der Waals surface area contributed by atoms with Gasteiger partial charge in [-0.2, -0.15) is 0 Å². The maximum atomic E-state index is 11.7. The highest BCUT2D eigenvalue weighted by Gasteiger charge is 2.21. The van der Waals surface area contributed by atoms with Crippen LogP contribution in [0.1, 0.15) is 72.6 Å². The second-order valence-corrected chi connectivity index (χ2v) is 7.87. The number of nitrogens with zero attached hydrogens (tertiary/aromatic N) is 2. The molecule has 0 aromatic heterocycles. The number of rotatable bonds is 9. The molecule has 1 aliphatic rings. The zero-order valence-electron chi connectivity index (χ0n) is 17.5. The van der Waals surface area contributed by atoms with Crippen molar-refractivity contribution in [2.45, 2.75) is 84.3 Å². The van der Waals surface area contributed by atoms with E-state index in [-0.39, 0.29) is 11.6 Å². The lowest BCUT2D eigenvalue weighted by Gasteiger charge is -2.34. The first kappa shape index (κ1) is 22.7. The van der Waals surface area contributed by atoms with Gasteiger partial charge in [-0.15, -0.1) is 0 Å². The van der Waals surface area contributed by atoms with Gasteiger partial charge < -0.3 is 19.7 Å². The molecule has 0 atom stereocenters. The molecular formula is C20H39N3O3. The zero-order chi connectivity index (χ0) is 19.4. The van der Waals surface area contributed by atoms with Crippen LogP contribution in [0.3, 0.4) is 0 Å². The van der Waals surface area contributed by atoms with Crippen molar-refractivity contribution in [3.63, 3.8) is 0 Å². The molecule has 0 aromatic rings. The van der Waals surface area contributed by atoms with Crippen LogP contribution in [0.4, 0.5) is 0 Å². The second-order valence-electron chi connectivity index (χ2n) is 7.87. The molecule has 152 valence electrons. The number of esters is 1. The number of carbonyl (C=O) groups excluding carboxylic acids is 1. The molecule has 0 radical (unpaired) electrons. The summed E-state index contributed by atoms with van der Waals surface area (Å²) in [6.07, 6.45) is 7.20. The van der Waals surface area contributed by atoms with E-state index in [9.17, 15) is 4.79 Å². The molecule has 6 heteroatoms. The van der Waals surface area contributed by atoms with E-state index in [1.54, 1.807) is 0 Å². The van der Waals surface area contributed by atoms with Gasteiger partial charge in [0.15, 0.2) is 5.96 Å². The first-order valence-corrected chi connectivity index (χ1v) is 10.1. The number of likely N-dealkylation sites (tertiary alicyclic amines) is 1. The first-order valence-electron chi connectivity index (χ1n) is 10.1. The van der Waals surface area contributed by atoms with Gasteiger partial charge in [0.25, 0.3) is 0 Å².